The molecule has 0 saturated heterocycles. The Bertz CT molecular complexity index is 566. The van der Waals surface area contributed by atoms with Crippen molar-refractivity contribution in [1.29, 1.82) is 0 Å². The van der Waals surface area contributed by atoms with Crippen LogP contribution in [0.2, 0.25) is 0 Å². The van der Waals surface area contributed by atoms with Gasteiger partial charge in [0.15, 0.2) is 0 Å². The Morgan fingerprint density at radius 2 is 2.40 bits per heavy atom. The Morgan fingerprint density at radius 1 is 1.60 bits per heavy atom. The number of nitrogens with zero attached hydrogens (tertiary/aromatic N) is 3. The predicted molar refractivity (Wildman–Crippen MR) is 55.2 cm³/mol. The number of hydrogen-bond acceptors (Lipinski definition) is 3. The van der Waals surface area contributed by atoms with Crippen LogP contribution in [0.3, 0.4) is 0 Å². The topological polar surface area (TPSA) is 61.0 Å². The summed E-state index contributed by atoms with van der Waals surface area (Å²) < 4.78 is 1.76. The monoisotopic (exact) mass is 201 g/mol. The van der Waals surface area contributed by atoms with Crippen LogP contribution in [0.15, 0.2) is 24.5 Å². The van der Waals surface area contributed by atoms with Gasteiger partial charge in [-0.3, -0.25) is 10.1 Å². The van der Waals surface area contributed by atoms with Crippen LogP contribution in [0, 0.1) is 22.5 Å². The standard InChI is InChI=1S/C10H7N3O2/c1-2-5-12-7-11-9-6-8(13(14)15)3-4-10(9)12/h1,3-4,6-7H,5H2. The zero-order valence-electron chi connectivity index (χ0n) is 7.75. The van der Waals surface area contributed by atoms with Crippen molar-refractivity contribution >= 4 is 16.7 Å². The van der Waals surface area contributed by atoms with Gasteiger partial charge in [0.1, 0.15) is 0 Å². The fourth-order valence-electron chi connectivity index (χ4n) is 1.39. The van der Waals surface area contributed by atoms with Crippen LogP contribution in [0.1, 0.15) is 0 Å². The molecule has 2 aromatic rings. The van der Waals surface area contributed by atoms with Gasteiger partial charge >= 0.3 is 0 Å². The third-order valence-corrected chi connectivity index (χ3v) is 2.08. The van der Waals surface area contributed by atoms with Gasteiger partial charge in [-0.25, -0.2) is 4.98 Å². The Labute approximate surface area is 85.5 Å². The highest BCUT2D eigenvalue weighted by Crippen LogP contribution is 2.19. The van der Waals surface area contributed by atoms with Gasteiger partial charge < -0.3 is 4.57 Å². The third kappa shape index (κ3) is 1.53. The smallest absolute Gasteiger partial charge is 0.271 e. The molecular weight excluding hydrogens is 194 g/mol. The lowest BCUT2D eigenvalue weighted by atomic mass is 10.3. The second kappa shape index (κ2) is 3.42. The molecule has 5 nitrogen and oxygen atoms in total. The first-order chi connectivity index (χ1) is 7.22. The molecule has 74 valence electrons. The minimum atomic E-state index is -0.445. The molecule has 0 radical (unpaired) electrons. The van der Waals surface area contributed by atoms with E-state index in [9.17, 15) is 10.1 Å². The molecule has 1 aromatic heterocycles. The SMILES string of the molecule is C#CCn1cnc2cc([N+](=O)[O-])ccc21. The molecule has 0 bridgehead atoms. The second-order valence-corrected chi connectivity index (χ2v) is 3.01. The van der Waals surface area contributed by atoms with E-state index < -0.39 is 4.92 Å². The van der Waals surface area contributed by atoms with Crippen molar-refractivity contribution in [3.8, 4) is 12.3 Å². The highest BCUT2D eigenvalue weighted by Gasteiger charge is 2.08. The van der Waals surface area contributed by atoms with Crippen molar-refractivity contribution in [3.05, 3.63) is 34.6 Å². The molecule has 1 heterocycles. The molecule has 15 heavy (non-hydrogen) atoms. The van der Waals surface area contributed by atoms with Crippen LogP contribution < -0.4 is 0 Å². The van der Waals surface area contributed by atoms with E-state index in [2.05, 4.69) is 10.9 Å². The lowest BCUT2D eigenvalue weighted by Crippen LogP contribution is -1.92. The summed E-state index contributed by atoms with van der Waals surface area (Å²) in [5.74, 6) is 2.49. The predicted octanol–water partition coefficient (Wildman–Crippen LogP) is 1.58. The van der Waals surface area contributed by atoms with E-state index in [1.165, 1.54) is 12.1 Å². The number of fused-ring (bicyclic) bond motifs is 1. The van der Waals surface area contributed by atoms with Gasteiger partial charge in [-0.2, -0.15) is 0 Å². The Morgan fingerprint density at radius 3 is 3.07 bits per heavy atom. The van der Waals surface area contributed by atoms with Crippen LogP contribution in [0.4, 0.5) is 5.69 Å². The van der Waals surface area contributed by atoms with Crippen LogP contribution >= 0.6 is 0 Å². The first-order valence-electron chi connectivity index (χ1n) is 4.25. The maximum atomic E-state index is 10.5. The Kier molecular flexibility index (Phi) is 2.10. The van der Waals surface area contributed by atoms with Crippen molar-refractivity contribution in [1.82, 2.24) is 9.55 Å². The summed E-state index contributed by atoms with van der Waals surface area (Å²) in [4.78, 5) is 14.1. The molecule has 0 spiro atoms. The van der Waals surface area contributed by atoms with Crippen LogP contribution in [0.5, 0.6) is 0 Å². The lowest BCUT2D eigenvalue weighted by molar-refractivity contribution is -0.384. The zero-order valence-corrected chi connectivity index (χ0v) is 7.75. The normalized spacial score (nSPS) is 10.1. The van der Waals surface area contributed by atoms with E-state index in [0.717, 1.165) is 5.52 Å². The average molecular weight is 201 g/mol. The van der Waals surface area contributed by atoms with Crippen molar-refractivity contribution in [2.45, 2.75) is 6.54 Å². The van der Waals surface area contributed by atoms with Gasteiger partial charge in [0.25, 0.3) is 5.69 Å². The molecule has 0 atom stereocenters. The van der Waals surface area contributed by atoms with Gasteiger partial charge in [0.2, 0.25) is 0 Å². The quantitative estimate of drug-likeness (QED) is 0.421. The van der Waals surface area contributed by atoms with Crippen molar-refractivity contribution in [2.75, 3.05) is 0 Å². The molecule has 0 fully saturated rings. The largest absolute Gasteiger partial charge is 0.319 e. The number of benzene rings is 1. The van der Waals surface area contributed by atoms with Gasteiger partial charge in [0.05, 0.1) is 28.8 Å². The summed E-state index contributed by atoms with van der Waals surface area (Å²) >= 11 is 0. The molecule has 0 aliphatic carbocycles. The molecule has 5 heteroatoms. The zero-order chi connectivity index (χ0) is 10.8. The number of non-ortho nitro benzene ring substituents is 1. The highest BCUT2D eigenvalue weighted by atomic mass is 16.6. The number of rotatable bonds is 2. The first kappa shape index (κ1) is 9.21. The van der Waals surface area contributed by atoms with Crippen LogP contribution in [-0.2, 0) is 6.54 Å². The number of terminal acetylenes is 1. The summed E-state index contributed by atoms with van der Waals surface area (Å²) in [7, 11) is 0. The molecule has 0 aliphatic rings. The lowest BCUT2D eigenvalue weighted by Gasteiger charge is -1.97. The van der Waals surface area contributed by atoms with E-state index in [1.807, 2.05) is 0 Å². The van der Waals surface area contributed by atoms with Crippen LogP contribution in [0.25, 0.3) is 11.0 Å². The summed E-state index contributed by atoms with van der Waals surface area (Å²) in [6.07, 6.45) is 6.76. The van der Waals surface area contributed by atoms with Crippen molar-refractivity contribution < 1.29 is 4.92 Å². The minimum Gasteiger partial charge on any atom is -0.319 e. The molecule has 0 unspecified atom stereocenters. The second-order valence-electron chi connectivity index (χ2n) is 3.01. The summed E-state index contributed by atoms with van der Waals surface area (Å²) in [5.41, 5.74) is 1.42. The van der Waals surface area contributed by atoms with E-state index in [0.29, 0.717) is 12.1 Å². The highest BCUT2D eigenvalue weighted by molar-refractivity contribution is 5.78. The van der Waals surface area contributed by atoms with Gasteiger partial charge in [0, 0.05) is 12.1 Å². The number of nitro benzene ring substituents is 1. The summed E-state index contributed by atoms with van der Waals surface area (Å²) in [5, 5.41) is 10.5. The minimum absolute atomic E-state index is 0.0356. The van der Waals surface area contributed by atoms with Crippen LogP contribution in [-0.4, -0.2) is 14.5 Å². The Balaban J connectivity index is 2.57. The van der Waals surface area contributed by atoms with Crippen molar-refractivity contribution in [2.24, 2.45) is 0 Å². The summed E-state index contributed by atoms with van der Waals surface area (Å²) in [6.45, 7) is 0.411. The number of hydrogen-bond donors (Lipinski definition) is 0. The van der Waals surface area contributed by atoms with Gasteiger partial charge in [-0.05, 0) is 6.07 Å². The molecule has 0 aliphatic heterocycles. The number of nitro groups is 1. The maximum Gasteiger partial charge on any atom is 0.271 e. The fraction of sp³-hybridized carbons (Fsp3) is 0.100. The molecule has 1 aromatic carbocycles. The fourth-order valence-corrected chi connectivity index (χ4v) is 1.39. The van der Waals surface area contributed by atoms with Crippen molar-refractivity contribution in [3.63, 3.8) is 0 Å². The maximum absolute atomic E-state index is 10.5. The first-order valence-corrected chi connectivity index (χ1v) is 4.25. The third-order valence-electron chi connectivity index (χ3n) is 2.08. The van der Waals surface area contributed by atoms with E-state index in [1.54, 1.807) is 17.0 Å². The van der Waals surface area contributed by atoms with Gasteiger partial charge in [-0.1, -0.05) is 5.92 Å². The summed E-state index contributed by atoms with van der Waals surface area (Å²) in [6, 6.07) is 4.52. The van der Waals surface area contributed by atoms with E-state index >= 15 is 0 Å². The Hall–Kier alpha value is -2.35. The average Bonchev–Trinajstić information content (AvgIpc) is 2.61. The number of aromatic nitrogens is 2. The molecule has 2 rings (SSSR count). The van der Waals surface area contributed by atoms with Gasteiger partial charge in [-0.15, -0.1) is 6.42 Å². The van der Waals surface area contributed by atoms with E-state index in [-0.39, 0.29) is 5.69 Å². The molecule has 0 amide bonds. The number of imidazole rings is 1. The molecule has 0 N–H and O–H groups in total. The molecular formula is C10H7N3O2. The molecule has 0 saturated carbocycles. The van der Waals surface area contributed by atoms with E-state index in [4.69, 9.17) is 6.42 Å².